The van der Waals surface area contributed by atoms with Crippen LogP contribution in [0.1, 0.15) is 33.6 Å². The molecule has 0 spiro atoms. The number of benzene rings is 1. The van der Waals surface area contributed by atoms with Gasteiger partial charge < -0.3 is 15.4 Å². The molecule has 32 heavy (non-hydrogen) atoms. The Kier molecular flexibility index (Phi) is 6.56. The first kappa shape index (κ1) is 22.9. The number of anilines is 1. The Morgan fingerprint density at radius 3 is 2.25 bits per heavy atom. The minimum Gasteiger partial charge on any atom is -0.457 e. The van der Waals surface area contributed by atoms with Gasteiger partial charge in [0, 0.05) is 32.7 Å². The SMILES string of the molecule is Cn1c(N)c(C(=O)COC(=O)C2CCN(C(=O)c3ccc(F)cc3)CC2)c(=O)n(C)c1=O. The summed E-state index contributed by atoms with van der Waals surface area (Å²) in [5.41, 5.74) is 4.13. The van der Waals surface area contributed by atoms with Crippen LogP contribution >= 0.6 is 0 Å². The van der Waals surface area contributed by atoms with Gasteiger partial charge in [-0.2, -0.15) is 0 Å². The molecule has 1 saturated heterocycles. The van der Waals surface area contributed by atoms with Crippen molar-refractivity contribution in [3.8, 4) is 0 Å². The maximum Gasteiger partial charge on any atom is 0.332 e. The summed E-state index contributed by atoms with van der Waals surface area (Å²) >= 11 is 0. The van der Waals surface area contributed by atoms with Gasteiger partial charge >= 0.3 is 11.7 Å². The summed E-state index contributed by atoms with van der Waals surface area (Å²) in [6.45, 7) is -0.0817. The molecule has 1 aromatic heterocycles. The largest absolute Gasteiger partial charge is 0.457 e. The van der Waals surface area contributed by atoms with E-state index in [4.69, 9.17) is 10.5 Å². The highest BCUT2D eigenvalue weighted by molar-refractivity contribution is 6.01. The van der Waals surface area contributed by atoms with E-state index >= 15 is 0 Å². The van der Waals surface area contributed by atoms with Gasteiger partial charge in [0.25, 0.3) is 11.5 Å². The molecular weight excluding hydrogens is 423 g/mol. The fourth-order valence-electron chi connectivity index (χ4n) is 3.54. The van der Waals surface area contributed by atoms with E-state index in [2.05, 4.69) is 0 Å². The number of Topliss-reactive ketones (excluding diaryl/α,β-unsaturated/α-hetero) is 1. The van der Waals surface area contributed by atoms with E-state index in [0.717, 1.165) is 9.13 Å². The highest BCUT2D eigenvalue weighted by atomic mass is 19.1. The van der Waals surface area contributed by atoms with E-state index < -0.39 is 46.9 Å². The van der Waals surface area contributed by atoms with Crippen molar-refractivity contribution in [2.24, 2.45) is 20.0 Å². The second-order valence-corrected chi connectivity index (χ2v) is 7.57. The third kappa shape index (κ3) is 4.46. The average molecular weight is 446 g/mol. The summed E-state index contributed by atoms with van der Waals surface area (Å²) in [6.07, 6.45) is 0.674. The number of piperidine rings is 1. The zero-order valence-electron chi connectivity index (χ0n) is 17.7. The zero-order valence-corrected chi connectivity index (χ0v) is 17.7. The van der Waals surface area contributed by atoms with Gasteiger partial charge in [-0.3, -0.25) is 28.3 Å². The standard InChI is InChI=1S/C21H23FN4O6/c1-24-17(23)16(19(29)25(2)21(24)31)15(27)11-32-20(30)13-7-9-26(10-8-13)18(28)12-3-5-14(22)6-4-12/h3-6,13H,7-11,23H2,1-2H3. The fraction of sp³-hybridized carbons (Fsp3) is 0.381. The van der Waals surface area contributed by atoms with Crippen LogP contribution in [0.15, 0.2) is 33.9 Å². The highest BCUT2D eigenvalue weighted by Gasteiger charge is 2.30. The smallest absolute Gasteiger partial charge is 0.332 e. The van der Waals surface area contributed by atoms with Crippen LogP contribution in [0.4, 0.5) is 10.2 Å². The van der Waals surface area contributed by atoms with Gasteiger partial charge in [-0.05, 0) is 37.1 Å². The van der Waals surface area contributed by atoms with Crippen molar-refractivity contribution in [1.29, 1.82) is 0 Å². The molecule has 1 fully saturated rings. The molecule has 0 bridgehead atoms. The molecule has 11 heteroatoms. The number of hydrogen-bond acceptors (Lipinski definition) is 7. The average Bonchev–Trinajstić information content (AvgIpc) is 2.80. The molecule has 0 unspecified atom stereocenters. The lowest BCUT2D eigenvalue weighted by Gasteiger charge is -2.31. The van der Waals surface area contributed by atoms with Crippen LogP contribution in [-0.4, -0.2) is 51.4 Å². The first-order chi connectivity index (χ1) is 15.1. The molecule has 0 saturated carbocycles. The number of carbonyl (C=O) groups excluding carboxylic acids is 3. The summed E-state index contributed by atoms with van der Waals surface area (Å²) in [7, 11) is 2.54. The quantitative estimate of drug-likeness (QED) is 0.508. The second-order valence-electron chi connectivity index (χ2n) is 7.57. The maximum atomic E-state index is 13.0. The summed E-state index contributed by atoms with van der Waals surface area (Å²) in [5, 5.41) is 0. The van der Waals surface area contributed by atoms with Gasteiger partial charge in [-0.15, -0.1) is 0 Å². The van der Waals surface area contributed by atoms with E-state index in [1.807, 2.05) is 0 Å². The number of carbonyl (C=O) groups is 3. The number of likely N-dealkylation sites (tertiary alicyclic amines) is 1. The van der Waals surface area contributed by atoms with Gasteiger partial charge in [-0.1, -0.05) is 0 Å². The summed E-state index contributed by atoms with van der Waals surface area (Å²) in [4.78, 5) is 63.0. The number of amides is 1. The van der Waals surface area contributed by atoms with Crippen LogP contribution < -0.4 is 17.0 Å². The molecule has 3 rings (SSSR count). The molecule has 0 atom stereocenters. The number of nitrogens with two attached hydrogens (primary N) is 1. The summed E-state index contributed by atoms with van der Waals surface area (Å²) in [5.74, 6) is -2.93. The monoisotopic (exact) mass is 446 g/mol. The van der Waals surface area contributed by atoms with Crippen molar-refractivity contribution in [1.82, 2.24) is 14.0 Å². The van der Waals surface area contributed by atoms with Crippen molar-refractivity contribution < 1.29 is 23.5 Å². The van der Waals surface area contributed by atoms with Crippen molar-refractivity contribution >= 4 is 23.5 Å². The number of halogens is 1. The van der Waals surface area contributed by atoms with E-state index in [-0.39, 0.29) is 11.7 Å². The molecular formula is C21H23FN4O6. The Bertz CT molecular complexity index is 1180. The predicted octanol–water partition coefficient (Wildman–Crippen LogP) is 0.0836. The first-order valence-electron chi connectivity index (χ1n) is 9.92. The molecule has 10 nitrogen and oxygen atoms in total. The molecule has 0 aliphatic carbocycles. The third-order valence-electron chi connectivity index (χ3n) is 5.54. The summed E-state index contributed by atoms with van der Waals surface area (Å²) < 4.78 is 19.8. The normalized spacial score (nSPS) is 14.3. The molecule has 2 N–H and O–H groups in total. The number of nitrogen functional groups attached to an aromatic ring is 1. The lowest BCUT2D eigenvalue weighted by Crippen LogP contribution is -2.42. The number of rotatable bonds is 5. The second kappa shape index (κ2) is 9.16. The van der Waals surface area contributed by atoms with Crippen LogP contribution in [0.3, 0.4) is 0 Å². The van der Waals surface area contributed by atoms with Gasteiger partial charge in [-0.25, -0.2) is 9.18 Å². The summed E-state index contributed by atoms with van der Waals surface area (Å²) in [6, 6.07) is 5.22. The third-order valence-corrected chi connectivity index (χ3v) is 5.54. The van der Waals surface area contributed by atoms with Crippen LogP contribution in [0, 0.1) is 11.7 Å². The number of ketones is 1. The number of aromatic nitrogens is 2. The Morgan fingerprint density at radius 2 is 1.66 bits per heavy atom. The molecule has 1 aromatic carbocycles. The first-order valence-corrected chi connectivity index (χ1v) is 9.92. The Labute approximate surface area is 182 Å². The number of nitrogens with zero attached hydrogens (tertiary/aromatic N) is 3. The van der Waals surface area contributed by atoms with Gasteiger partial charge in [0.2, 0.25) is 5.78 Å². The molecule has 2 aromatic rings. The van der Waals surface area contributed by atoms with E-state index in [1.54, 1.807) is 4.90 Å². The molecule has 170 valence electrons. The van der Waals surface area contributed by atoms with Crippen molar-refractivity contribution in [2.45, 2.75) is 12.8 Å². The van der Waals surface area contributed by atoms with E-state index in [9.17, 15) is 28.4 Å². The molecule has 1 amide bonds. The van der Waals surface area contributed by atoms with Crippen LogP contribution in [0.5, 0.6) is 0 Å². The van der Waals surface area contributed by atoms with Crippen molar-refractivity contribution in [3.63, 3.8) is 0 Å². The zero-order chi connectivity index (χ0) is 23.6. The van der Waals surface area contributed by atoms with Crippen LogP contribution in [-0.2, 0) is 23.6 Å². The Morgan fingerprint density at radius 1 is 1.06 bits per heavy atom. The van der Waals surface area contributed by atoms with E-state index in [0.29, 0.717) is 31.5 Å². The van der Waals surface area contributed by atoms with E-state index in [1.165, 1.54) is 38.4 Å². The lowest BCUT2D eigenvalue weighted by atomic mass is 9.96. The Balaban J connectivity index is 1.57. The van der Waals surface area contributed by atoms with Crippen molar-refractivity contribution in [3.05, 3.63) is 62.0 Å². The minimum atomic E-state index is -0.862. The lowest BCUT2D eigenvalue weighted by molar-refractivity contribution is -0.148. The maximum absolute atomic E-state index is 13.0. The van der Waals surface area contributed by atoms with Gasteiger partial charge in [0.15, 0.2) is 6.61 Å². The molecule has 1 aliphatic rings. The van der Waals surface area contributed by atoms with Crippen LogP contribution in [0.2, 0.25) is 0 Å². The highest BCUT2D eigenvalue weighted by Crippen LogP contribution is 2.21. The topological polar surface area (TPSA) is 134 Å². The predicted molar refractivity (Wildman–Crippen MR) is 112 cm³/mol. The van der Waals surface area contributed by atoms with Crippen LogP contribution in [0.25, 0.3) is 0 Å². The molecule has 2 heterocycles. The molecule has 0 radical (unpaired) electrons. The molecule has 1 aliphatic heterocycles. The van der Waals surface area contributed by atoms with Gasteiger partial charge in [0.05, 0.1) is 5.92 Å². The number of hydrogen-bond donors (Lipinski definition) is 1. The Hall–Kier alpha value is -3.76. The number of ether oxygens (including phenoxy) is 1. The minimum absolute atomic E-state index is 0.256. The van der Waals surface area contributed by atoms with Crippen molar-refractivity contribution in [2.75, 3.05) is 25.4 Å². The number of esters is 1. The van der Waals surface area contributed by atoms with Gasteiger partial charge in [0.1, 0.15) is 17.2 Å². The fourth-order valence-corrected chi connectivity index (χ4v) is 3.54.